The number of ether oxygens (including phenoxy) is 1. The number of rotatable bonds is 0. The first-order valence-corrected chi connectivity index (χ1v) is 16.5. The Balaban J connectivity index is -0.000000102. The quantitative estimate of drug-likeness (QED) is 0.197. The van der Waals surface area contributed by atoms with Crippen LogP contribution in [0.15, 0.2) is 36.4 Å². The van der Waals surface area contributed by atoms with Crippen molar-refractivity contribution in [2.24, 2.45) is 11.8 Å². The van der Waals surface area contributed by atoms with Gasteiger partial charge in [-0.2, -0.15) is 0 Å². The Morgan fingerprint density at radius 2 is 1.08 bits per heavy atom. The largest absolute Gasteiger partial charge is 0.482 e. The molecule has 8 radical (unpaired) electrons. The summed E-state index contributed by atoms with van der Waals surface area (Å²) in [6.45, 7) is 18.2. The van der Waals surface area contributed by atoms with E-state index >= 15 is 0 Å². The molecule has 0 N–H and O–H groups in total. The summed E-state index contributed by atoms with van der Waals surface area (Å²) in [5.74, 6) is 4.12. The summed E-state index contributed by atoms with van der Waals surface area (Å²) in [5, 5.41) is 0. The number of hydrogen-bond acceptors (Lipinski definition) is 3. The smallest absolute Gasteiger partial charge is 0.173 e. The Morgan fingerprint density at radius 1 is 0.625 bits per heavy atom. The van der Waals surface area contributed by atoms with Crippen molar-refractivity contribution >= 4 is 28.4 Å². The number of benzene rings is 2. The predicted octanol–water partition coefficient (Wildman–Crippen LogP) is 11.4. The van der Waals surface area contributed by atoms with E-state index in [4.69, 9.17) is 4.74 Å². The molecule has 3 nitrogen and oxygen atoms in total. The average molecular weight is 810 g/mol. The molecular formula is C41H70B2O3Y2-2. The Kier molecular flexibility index (Phi) is 43.1. The van der Waals surface area contributed by atoms with Gasteiger partial charge < -0.3 is 19.6 Å². The second kappa shape index (κ2) is 32.8. The van der Waals surface area contributed by atoms with E-state index in [0.717, 1.165) is 50.2 Å². The first-order chi connectivity index (χ1) is 19.6. The van der Waals surface area contributed by atoms with Crippen LogP contribution < -0.4 is 4.74 Å². The Labute approximate surface area is 354 Å². The van der Waals surface area contributed by atoms with Crippen LogP contribution in [0.2, 0.25) is 0 Å². The minimum atomic E-state index is -0.157. The molecule has 0 amide bonds. The zero-order chi connectivity index (χ0) is 29.8. The van der Waals surface area contributed by atoms with Crippen LogP contribution in [0.25, 0.3) is 0 Å². The number of carbonyl (C=O) groups excluding carboxylic acids is 2. The Morgan fingerprint density at radius 3 is 1.65 bits per heavy atom. The van der Waals surface area contributed by atoms with E-state index in [1.54, 1.807) is 0 Å². The van der Waals surface area contributed by atoms with Gasteiger partial charge in [0.05, 0.1) is 0 Å². The number of fused-ring (bicyclic) bond motifs is 3. The topological polar surface area (TPSA) is 43.4 Å². The maximum absolute atomic E-state index is 11.9. The number of ketones is 2. The van der Waals surface area contributed by atoms with Gasteiger partial charge in [0.25, 0.3) is 0 Å². The van der Waals surface area contributed by atoms with E-state index in [2.05, 4.69) is 37.3 Å². The van der Waals surface area contributed by atoms with Crippen LogP contribution in [-0.4, -0.2) is 34.5 Å². The van der Waals surface area contributed by atoms with E-state index in [1.165, 1.54) is 47.1 Å². The molecule has 266 valence electrons. The molecule has 1 heterocycles. The molecule has 7 rings (SSSR count). The predicted molar refractivity (Wildman–Crippen MR) is 207 cm³/mol. The van der Waals surface area contributed by atoms with Crippen molar-refractivity contribution < 1.29 is 79.7 Å². The minimum absolute atomic E-state index is 0. The molecular weight excluding hydrogens is 740 g/mol. The molecule has 7 heteroatoms. The third-order valence-corrected chi connectivity index (χ3v) is 8.82. The molecule has 0 bridgehead atoms. The monoisotopic (exact) mass is 810 g/mol. The van der Waals surface area contributed by atoms with Crippen LogP contribution in [0.5, 0.6) is 5.75 Å². The fourth-order valence-electron chi connectivity index (χ4n) is 7.29. The standard InChI is InChI=1S/C15H18O.C14H14O2.4C2H6.2CH4.2CH3.2B.2Y/c1-10-3-2-4-12-6-5-11-7-8-13(16)9-14(11)15(10)12;15-10-7-6-9-5-4-8-2-1-3-11-12(8)13(9)14(10)16-11;4*1-2;;;;;;;;/h2-4,11,14H,5-9H2,1H3;1-3,9,13-14H,4-7H2;4*1-2H3;2*1H4;2*1H3;;;;/q;;;;;;;;2*-1;;;;. The van der Waals surface area contributed by atoms with Crippen LogP contribution in [-0.2, 0) is 87.8 Å². The summed E-state index contributed by atoms with van der Waals surface area (Å²) >= 11 is 0. The summed E-state index contributed by atoms with van der Waals surface area (Å²) in [5.41, 5.74) is 7.16. The molecule has 0 saturated heterocycles. The molecule has 2 aromatic carbocycles. The van der Waals surface area contributed by atoms with Crippen LogP contribution in [0, 0.1) is 33.6 Å². The molecule has 5 atom stereocenters. The van der Waals surface area contributed by atoms with Crippen molar-refractivity contribution in [3.05, 3.63) is 79.1 Å². The molecule has 48 heavy (non-hydrogen) atoms. The maximum Gasteiger partial charge on any atom is 0.173 e. The van der Waals surface area contributed by atoms with E-state index in [-0.39, 0.29) is 118 Å². The number of aryl methyl sites for hydroxylation is 3. The van der Waals surface area contributed by atoms with Crippen molar-refractivity contribution in [2.75, 3.05) is 0 Å². The second-order valence-electron chi connectivity index (χ2n) is 10.5. The molecule has 2 fully saturated rings. The summed E-state index contributed by atoms with van der Waals surface area (Å²) in [6.07, 6.45) is 9.26. The summed E-state index contributed by atoms with van der Waals surface area (Å²) < 4.78 is 5.86. The van der Waals surface area contributed by atoms with Crippen molar-refractivity contribution in [3.63, 3.8) is 0 Å². The molecule has 2 aromatic rings. The van der Waals surface area contributed by atoms with Crippen molar-refractivity contribution in [1.82, 2.24) is 0 Å². The molecule has 5 unspecified atom stereocenters. The molecule has 5 aliphatic rings. The van der Waals surface area contributed by atoms with Crippen LogP contribution >= 0.6 is 0 Å². The van der Waals surface area contributed by atoms with Crippen molar-refractivity contribution in [2.45, 2.75) is 153 Å². The first kappa shape index (κ1) is 63.0. The Bertz CT molecular complexity index is 1100. The van der Waals surface area contributed by atoms with Gasteiger partial charge in [-0.05, 0) is 91.5 Å². The van der Waals surface area contributed by atoms with Gasteiger partial charge in [0.15, 0.2) is 11.9 Å². The van der Waals surface area contributed by atoms with Gasteiger partial charge in [0, 0.05) is 113 Å². The van der Waals surface area contributed by atoms with E-state index in [0.29, 0.717) is 29.3 Å². The molecule has 4 aliphatic carbocycles. The van der Waals surface area contributed by atoms with Gasteiger partial charge in [-0.1, -0.05) is 101 Å². The third-order valence-electron chi connectivity index (χ3n) is 8.82. The zero-order valence-electron chi connectivity index (χ0n) is 31.2. The molecule has 0 spiro atoms. The van der Waals surface area contributed by atoms with E-state index in [1.807, 2.05) is 61.5 Å². The first-order valence-electron chi connectivity index (χ1n) is 16.5. The third kappa shape index (κ3) is 14.5. The van der Waals surface area contributed by atoms with Crippen molar-refractivity contribution in [3.8, 4) is 5.75 Å². The van der Waals surface area contributed by atoms with E-state index < -0.39 is 0 Å². The van der Waals surface area contributed by atoms with Crippen LogP contribution in [0.3, 0.4) is 0 Å². The van der Waals surface area contributed by atoms with Gasteiger partial charge in [0.2, 0.25) is 0 Å². The van der Waals surface area contributed by atoms with Gasteiger partial charge in [-0.3, -0.25) is 9.59 Å². The fraction of sp³-hybridized carbons (Fsp3) is 0.610. The summed E-state index contributed by atoms with van der Waals surface area (Å²) in [7, 11) is 0. The maximum atomic E-state index is 11.9. The minimum Gasteiger partial charge on any atom is -0.482 e. The van der Waals surface area contributed by atoms with Crippen molar-refractivity contribution in [1.29, 1.82) is 0 Å². The van der Waals surface area contributed by atoms with Crippen LogP contribution in [0.4, 0.5) is 0 Å². The van der Waals surface area contributed by atoms with Gasteiger partial charge in [-0.15, -0.1) is 0 Å². The number of carbonyl (C=O) groups is 2. The van der Waals surface area contributed by atoms with Crippen LogP contribution in [0.1, 0.15) is 155 Å². The summed E-state index contributed by atoms with van der Waals surface area (Å²) in [6, 6.07) is 12.9. The number of hydrogen-bond donors (Lipinski definition) is 0. The molecule has 0 aromatic heterocycles. The fourth-order valence-corrected chi connectivity index (χ4v) is 7.29. The molecule has 1 aliphatic heterocycles. The van der Waals surface area contributed by atoms with Gasteiger partial charge in [-0.25, -0.2) is 0 Å². The normalized spacial score (nSPS) is 21.5. The number of Topliss-reactive ketones (excluding diaryl/α,β-unsaturated/α-hetero) is 2. The van der Waals surface area contributed by atoms with Gasteiger partial charge >= 0.3 is 0 Å². The second-order valence-corrected chi connectivity index (χ2v) is 10.5. The SMILES string of the molecule is C.C.CC.CC.CC.CC.Cc1cccc2c1C1CC(=O)CCC1CC2.O=C1CCC2CCc3cccc4c3C2C1O4.[B].[B].[CH3-].[CH3-].[Y].[Y]. The molecule has 2 saturated carbocycles. The van der Waals surface area contributed by atoms with Gasteiger partial charge in [0.1, 0.15) is 11.5 Å². The summed E-state index contributed by atoms with van der Waals surface area (Å²) in [4.78, 5) is 23.5. The average Bonchev–Trinajstić information content (AvgIpc) is 3.43. The Hall–Kier alpha value is -0.0823. The zero-order valence-corrected chi connectivity index (χ0v) is 36.9. The van der Waals surface area contributed by atoms with E-state index in [9.17, 15) is 9.59 Å².